The second-order valence-corrected chi connectivity index (χ2v) is 9.56. The zero-order valence-corrected chi connectivity index (χ0v) is 20.3. The number of likely N-dealkylation sites (tertiary alicyclic amines) is 2. The molecular formula is C29H42N2O. The summed E-state index contributed by atoms with van der Waals surface area (Å²) in [5, 5.41) is 1.28. The Morgan fingerprint density at radius 1 is 0.906 bits per heavy atom. The fourth-order valence-electron chi connectivity index (χ4n) is 5.18. The Bertz CT molecular complexity index is 970. The van der Waals surface area contributed by atoms with E-state index in [1.807, 2.05) is 0 Å². The van der Waals surface area contributed by atoms with Crippen LogP contribution in [-0.4, -0.2) is 42.0 Å². The molecule has 0 amide bonds. The van der Waals surface area contributed by atoms with Crippen LogP contribution in [0.15, 0.2) is 52.9 Å². The monoisotopic (exact) mass is 434 g/mol. The largest absolute Gasteiger partial charge is 0.456 e. The maximum Gasteiger partial charge on any atom is 0.135 e. The highest BCUT2D eigenvalue weighted by atomic mass is 16.3. The summed E-state index contributed by atoms with van der Waals surface area (Å²) < 4.78 is 6.21. The molecule has 0 atom stereocenters. The number of benzene rings is 2. The van der Waals surface area contributed by atoms with Crippen molar-refractivity contribution in [1.82, 2.24) is 9.80 Å². The van der Waals surface area contributed by atoms with Crippen molar-refractivity contribution in [3.8, 4) is 11.3 Å². The van der Waals surface area contributed by atoms with E-state index in [2.05, 4.69) is 79.1 Å². The molecule has 2 aliphatic rings. The third-order valence-corrected chi connectivity index (χ3v) is 6.95. The third kappa shape index (κ3) is 5.44. The standard InChI is InChI=1S/C26H32N2O.C3H8.H2/c1-20-10-11-25-23(18-26(29-25)21-8-4-2-5-9-21)24(20)19-27-16-12-22(13-17-27)28-14-6-3-7-15-28;1-3-2;/h2,4-5,8-11,18,22H,3,6-7,12-17,19H2,1H3;3H2,1-2H3;1H. The molecule has 2 saturated heterocycles. The number of furan rings is 1. The van der Waals surface area contributed by atoms with E-state index in [0.717, 1.165) is 29.5 Å². The Balaban J connectivity index is 0.000000728. The van der Waals surface area contributed by atoms with E-state index in [0.29, 0.717) is 0 Å². The molecule has 32 heavy (non-hydrogen) atoms. The molecule has 3 heteroatoms. The van der Waals surface area contributed by atoms with Gasteiger partial charge in [-0.25, -0.2) is 0 Å². The first-order valence-corrected chi connectivity index (χ1v) is 12.7. The smallest absolute Gasteiger partial charge is 0.135 e. The van der Waals surface area contributed by atoms with E-state index in [1.54, 1.807) is 0 Å². The van der Waals surface area contributed by atoms with Crippen LogP contribution in [0.5, 0.6) is 0 Å². The van der Waals surface area contributed by atoms with Crippen molar-refractivity contribution in [2.75, 3.05) is 26.2 Å². The van der Waals surface area contributed by atoms with Crippen LogP contribution in [0.4, 0.5) is 0 Å². The zero-order chi connectivity index (χ0) is 22.3. The van der Waals surface area contributed by atoms with E-state index in [4.69, 9.17) is 4.42 Å². The van der Waals surface area contributed by atoms with Crippen molar-refractivity contribution >= 4 is 11.0 Å². The molecule has 0 aliphatic carbocycles. The Morgan fingerprint density at radius 3 is 2.28 bits per heavy atom. The fraction of sp³-hybridized carbons (Fsp3) is 0.517. The Hall–Kier alpha value is -2.10. The second-order valence-electron chi connectivity index (χ2n) is 9.56. The van der Waals surface area contributed by atoms with Gasteiger partial charge >= 0.3 is 0 Å². The van der Waals surface area contributed by atoms with Gasteiger partial charge < -0.3 is 9.32 Å². The molecule has 0 saturated carbocycles. The molecular weight excluding hydrogens is 392 g/mol. The number of rotatable bonds is 4. The van der Waals surface area contributed by atoms with Gasteiger partial charge in [0, 0.05) is 25.0 Å². The van der Waals surface area contributed by atoms with Gasteiger partial charge in [-0.15, -0.1) is 0 Å². The van der Waals surface area contributed by atoms with Crippen molar-refractivity contribution in [2.45, 2.75) is 71.9 Å². The van der Waals surface area contributed by atoms with Crippen LogP contribution in [0.2, 0.25) is 0 Å². The van der Waals surface area contributed by atoms with Gasteiger partial charge in [0.2, 0.25) is 0 Å². The quantitative estimate of drug-likeness (QED) is 0.423. The predicted molar refractivity (Wildman–Crippen MR) is 138 cm³/mol. The minimum Gasteiger partial charge on any atom is -0.456 e. The highest BCUT2D eigenvalue weighted by Crippen LogP contribution is 2.32. The molecule has 0 radical (unpaired) electrons. The number of fused-ring (bicyclic) bond motifs is 1. The van der Waals surface area contributed by atoms with Crippen molar-refractivity contribution in [3.05, 3.63) is 59.7 Å². The van der Waals surface area contributed by atoms with Crippen molar-refractivity contribution in [2.24, 2.45) is 0 Å². The Morgan fingerprint density at radius 2 is 1.59 bits per heavy atom. The van der Waals surface area contributed by atoms with Crippen LogP contribution in [0, 0.1) is 6.92 Å². The lowest BCUT2D eigenvalue weighted by Gasteiger charge is -2.40. The van der Waals surface area contributed by atoms with E-state index >= 15 is 0 Å². The molecule has 2 aromatic carbocycles. The van der Waals surface area contributed by atoms with Gasteiger partial charge in [0.25, 0.3) is 0 Å². The SMILES string of the molecule is CCC.Cc1ccc2oc(-c3ccccc3)cc2c1CN1CCC(N2CCCCC2)CC1.[HH]. The highest BCUT2D eigenvalue weighted by Gasteiger charge is 2.26. The van der Waals surface area contributed by atoms with Crippen molar-refractivity contribution < 1.29 is 5.84 Å². The molecule has 0 N–H and O–H groups in total. The minimum atomic E-state index is 0. The molecule has 2 aliphatic heterocycles. The van der Waals surface area contributed by atoms with Crippen LogP contribution < -0.4 is 0 Å². The first-order chi connectivity index (χ1) is 15.7. The van der Waals surface area contributed by atoms with E-state index in [1.165, 1.54) is 81.2 Å². The van der Waals surface area contributed by atoms with Gasteiger partial charge in [0.05, 0.1) is 0 Å². The van der Waals surface area contributed by atoms with Crippen LogP contribution in [-0.2, 0) is 6.54 Å². The zero-order valence-electron chi connectivity index (χ0n) is 20.3. The van der Waals surface area contributed by atoms with Gasteiger partial charge in [0.1, 0.15) is 11.3 Å². The summed E-state index contributed by atoms with van der Waals surface area (Å²) in [6, 6.07) is 17.8. The number of hydrogen-bond acceptors (Lipinski definition) is 3. The highest BCUT2D eigenvalue weighted by molar-refractivity contribution is 5.86. The van der Waals surface area contributed by atoms with Crippen LogP contribution in [0.25, 0.3) is 22.3 Å². The maximum absolute atomic E-state index is 6.21. The average Bonchev–Trinajstić information content (AvgIpc) is 3.28. The summed E-state index contributed by atoms with van der Waals surface area (Å²) in [5.74, 6) is 0.969. The summed E-state index contributed by atoms with van der Waals surface area (Å²) >= 11 is 0. The molecule has 3 aromatic rings. The van der Waals surface area contributed by atoms with Gasteiger partial charge in [0.15, 0.2) is 0 Å². The molecule has 0 bridgehead atoms. The molecule has 174 valence electrons. The van der Waals surface area contributed by atoms with Crippen LogP contribution >= 0.6 is 0 Å². The molecule has 3 nitrogen and oxygen atoms in total. The van der Waals surface area contributed by atoms with Crippen molar-refractivity contribution in [1.29, 1.82) is 0 Å². The topological polar surface area (TPSA) is 19.6 Å². The minimum absolute atomic E-state index is 0. The van der Waals surface area contributed by atoms with Gasteiger partial charge in [-0.2, -0.15) is 0 Å². The summed E-state index contributed by atoms with van der Waals surface area (Å²) in [6.45, 7) is 12.6. The molecule has 0 spiro atoms. The summed E-state index contributed by atoms with van der Waals surface area (Å²) in [5.41, 5.74) is 4.96. The summed E-state index contributed by atoms with van der Waals surface area (Å²) in [7, 11) is 0. The Kier molecular flexibility index (Phi) is 8.05. The molecule has 3 heterocycles. The normalized spacial score (nSPS) is 18.5. The lowest BCUT2D eigenvalue weighted by Crippen LogP contribution is -2.46. The molecule has 5 rings (SSSR count). The van der Waals surface area contributed by atoms with Gasteiger partial charge in [-0.3, -0.25) is 4.90 Å². The van der Waals surface area contributed by atoms with Crippen LogP contribution in [0.1, 0.15) is 64.9 Å². The van der Waals surface area contributed by atoms with E-state index < -0.39 is 0 Å². The first-order valence-electron chi connectivity index (χ1n) is 12.7. The summed E-state index contributed by atoms with van der Waals surface area (Å²) in [6.07, 6.45) is 8.09. The third-order valence-electron chi connectivity index (χ3n) is 6.95. The van der Waals surface area contributed by atoms with Gasteiger partial charge in [-0.05, 0) is 82.0 Å². The van der Waals surface area contributed by atoms with Crippen LogP contribution in [0.3, 0.4) is 0 Å². The lowest BCUT2D eigenvalue weighted by molar-refractivity contribution is 0.0897. The lowest BCUT2D eigenvalue weighted by atomic mass is 9.98. The summed E-state index contributed by atoms with van der Waals surface area (Å²) in [4.78, 5) is 5.41. The fourth-order valence-corrected chi connectivity index (χ4v) is 5.18. The predicted octanol–water partition coefficient (Wildman–Crippen LogP) is 7.52. The number of nitrogens with zero attached hydrogens (tertiary/aromatic N) is 2. The molecule has 1 aromatic heterocycles. The number of hydrogen-bond donors (Lipinski definition) is 0. The Labute approximate surface area is 195 Å². The molecule has 2 fully saturated rings. The number of piperidine rings is 2. The van der Waals surface area contributed by atoms with E-state index in [-0.39, 0.29) is 1.43 Å². The average molecular weight is 435 g/mol. The van der Waals surface area contributed by atoms with E-state index in [9.17, 15) is 0 Å². The van der Waals surface area contributed by atoms with Crippen molar-refractivity contribution in [3.63, 3.8) is 0 Å². The maximum atomic E-state index is 6.21. The van der Waals surface area contributed by atoms with Gasteiger partial charge in [-0.1, -0.05) is 63.1 Å². The second kappa shape index (κ2) is 11.2. The first kappa shape index (κ1) is 23.1. The number of aryl methyl sites for hydroxylation is 1. The molecule has 0 unspecified atom stereocenters.